The van der Waals surface area contributed by atoms with Crippen LogP contribution < -0.4 is 10.4 Å². The number of nitrogens with zero attached hydrogens (tertiary/aromatic N) is 1. The van der Waals surface area contributed by atoms with Crippen LogP contribution in [0, 0.1) is 13.8 Å². The third-order valence-corrected chi connectivity index (χ3v) is 30.6. The number of fused-ring (bicyclic) bond motifs is 4. The molecule has 5 aromatic rings. The zero-order valence-corrected chi connectivity index (χ0v) is 63.6. The van der Waals surface area contributed by atoms with Crippen molar-refractivity contribution in [1.82, 2.24) is 4.90 Å². The zero-order chi connectivity index (χ0) is 64.6. The molecule has 0 atom stereocenters. The van der Waals surface area contributed by atoms with Crippen molar-refractivity contribution in [3.05, 3.63) is 80.2 Å². The highest BCUT2D eigenvalue weighted by molar-refractivity contribution is 7.28. The molecule has 0 unspecified atom stereocenters. The smallest absolute Gasteiger partial charge is 0.263 e. The number of thiophene rings is 3. The quantitative estimate of drug-likeness (QED) is 0.0221. The fraction of sp³-hybridized carbons (Fsp3) is 0.690. The van der Waals surface area contributed by atoms with Gasteiger partial charge < -0.3 is 0 Å². The van der Waals surface area contributed by atoms with E-state index in [4.69, 9.17) is 0 Å². The van der Waals surface area contributed by atoms with Crippen LogP contribution in [0.15, 0.2) is 36.4 Å². The topological polar surface area (TPSA) is 37.4 Å². The van der Waals surface area contributed by atoms with Gasteiger partial charge in [-0.05, 0) is 133 Å². The number of carbonyl (C=O) groups is 2. The molecule has 0 N–H and O–H groups in total. The Morgan fingerprint density at radius 2 is 0.659 bits per heavy atom. The van der Waals surface area contributed by atoms with Crippen molar-refractivity contribution in [3.63, 3.8) is 0 Å². The monoisotopic (exact) mass is 1310 g/mol. The lowest BCUT2D eigenvalue weighted by molar-refractivity contribution is 0.0651. The van der Waals surface area contributed by atoms with Crippen molar-refractivity contribution < 1.29 is 9.59 Å². The highest BCUT2D eigenvalue weighted by atomic mass is 32.1. The summed E-state index contributed by atoms with van der Waals surface area (Å²) in [7, 11) is -2.19. The minimum absolute atomic E-state index is 0.0205. The molecule has 2 aliphatic heterocycles. The van der Waals surface area contributed by atoms with Crippen LogP contribution in [0.2, 0.25) is 12.1 Å². The largest absolute Gasteiger partial charge is 0.274 e. The molecule has 0 spiro atoms. The van der Waals surface area contributed by atoms with Gasteiger partial charge in [-0.3, -0.25) is 14.5 Å². The number of hydrogen-bond donors (Lipinski definition) is 0. The Balaban J connectivity index is 1.44. The number of carbonyl (C=O) groups excluding carboxylic acids is 2. The van der Waals surface area contributed by atoms with E-state index in [9.17, 15) is 0 Å². The fourth-order valence-corrected chi connectivity index (χ4v) is 25.8. The average molecular weight is 1310 g/mol. The van der Waals surface area contributed by atoms with Gasteiger partial charge in [0.15, 0.2) is 0 Å². The molecule has 2 amide bonds. The van der Waals surface area contributed by atoms with Crippen molar-refractivity contribution in [2.75, 3.05) is 6.54 Å². The molecule has 506 valence electrons. The molecule has 2 aliphatic rings. The van der Waals surface area contributed by atoms with Crippen LogP contribution in [-0.2, 0) is 25.7 Å². The van der Waals surface area contributed by atoms with Gasteiger partial charge in [0, 0.05) is 26.1 Å². The van der Waals surface area contributed by atoms with Crippen LogP contribution >= 0.6 is 34.0 Å². The van der Waals surface area contributed by atoms with E-state index in [1.54, 1.807) is 26.4 Å². The van der Waals surface area contributed by atoms with Crippen LogP contribution in [0.3, 0.4) is 0 Å². The molecule has 0 bridgehead atoms. The van der Waals surface area contributed by atoms with E-state index in [-0.39, 0.29) is 11.8 Å². The molecular formula is C84H131NO2S3Si. The first-order valence-electron chi connectivity index (χ1n) is 39.2. The predicted octanol–water partition coefficient (Wildman–Crippen LogP) is 27.3. The summed E-state index contributed by atoms with van der Waals surface area (Å²) in [6, 6.07) is 18.2. The number of unbranched alkanes of at least 4 members (excludes halogenated alkanes) is 35. The highest BCUT2D eigenvalue weighted by Crippen LogP contribution is 2.55. The number of imide groups is 1. The van der Waals surface area contributed by atoms with Gasteiger partial charge in [0.05, 0.1) is 20.9 Å². The molecule has 7 rings (SSSR count). The number of benzene rings is 2. The molecule has 0 aliphatic carbocycles. The van der Waals surface area contributed by atoms with Gasteiger partial charge in [0.25, 0.3) is 11.8 Å². The summed E-state index contributed by atoms with van der Waals surface area (Å²) < 4.78 is 0. The molecule has 5 heterocycles. The van der Waals surface area contributed by atoms with Crippen molar-refractivity contribution >= 4 is 64.3 Å². The lowest BCUT2D eigenvalue weighted by Crippen LogP contribution is -2.55. The second-order valence-electron chi connectivity index (χ2n) is 28.7. The van der Waals surface area contributed by atoms with E-state index >= 15 is 9.59 Å². The molecule has 0 radical (unpaired) electrons. The van der Waals surface area contributed by atoms with E-state index in [0.717, 1.165) is 72.2 Å². The average Bonchev–Trinajstić information content (AvgIpc) is 1.57. The van der Waals surface area contributed by atoms with Crippen LogP contribution in [-0.4, -0.2) is 31.3 Å². The maximum Gasteiger partial charge on any atom is 0.263 e. The van der Waals surface area contributed by atoms with Crippen molar-refractivity contribution in [3.8, 4) is 41.1 Å². The Morgan fingerprint density at radius 3 is 1.10 bits per heavy atom. The summed E-state index contributed by atoms with van der Waals surface area (Å²) in [6.07, 6.45) is 57.7. The molecule has 3 aromatic heterocycles. The SMILES string of the molecule is CCCCCCCCc1c(C)sc(-c2sc(-c3sc(-c4ccc5c(c4)[Si](CCCCCCCC)(CCCCCCCC)c4cc(C)ccc4-5)c(CCCCCCCC)c3CCCCCCCC)c3c2C(=O)N(CCCCCCCC)C3=O)c1CCCCCCCC. The molecule has 0 fully saturated rings. The molecule has 2 aromatic carbocycles. The van der Waals surface area contributed by atoms with Gasteiger partial charge in [-0.1, -0.05) is 328 Å². The summed E-state index contributed by atoms with van der Waals surface area (Å²) in [5, 5.41) is 3.45. The third-order valence-electron chi connectivity index (χ3n) is 21.2. The Hall–Kier alpha value is -3.10. The van der Waals surface area contributed by atoms with Crippen molar-refractivity contribution in [2.24, 2.45) is 0 Å². The first-order chi connectivity index (χ1) is 44.6. The van der Waals surface area contributed by atoms with Crippen molar-refractivity contribution in [1.29, 1.82) is 0 Å². The van der Waals surface area contributed by atoms with Gasteiger partial charge in [-0.15, -0.1) is 34.0 Å². The van der Waals surface area contributed by atoms with Gasteiger partial charge >= 0.3 is 0 Å². The molecule has 0 saturated carbocycles. The minimum Gasteiger partial charge on any atom is -0.274 e. The molecular weight excluding hydrogens is 1180 g/mol. The Kier molecular flexibility index (Phi) is 34.6. The van der Waals surface area contributed by atoms with Gasteiger partial charge in [0.1, 0.15) is 8.07 Å². The second kappa shape index (κ2) is 41.8. The summed E-state index contributed by atoms with van der Waals surface area (Å²) in [5.41, 5.74) is 13.5. The van der Waals surface area contributed by atoms with E-state index in [1.165, 1.54) is 309 Å². The first-order valence-corrected chi connectivity index (χ1v) is 44.1. The molecule has 3 nitrogen and oxygen atoms in total. The summed E-state index contributed by atoms with van der Waals surface area (Å²) in [4.78, 5) is 41.0. The Morgan fingerprint density at radius 1 is 0.330 bits per heavy atom. The number of hydrogen-bond acceptors (Lipinski definition) is 5. The lowest BCUT2D eigenvalue weighted by atomic mass is 9.93. The van der Waals surface area contributed by atoms with Gasteiger partial charge in [-0.25, -0.2) is 0 Å². The van der Waals surface area contributed by atoms with Gasteiger partial charge in [0.2, 0.25) is 0 Å². The van der Waals surface area contributed by atoms with Gasteiger partial charge in [-0.2, -0.15) is 0 Å². The van der Waals surface area contributed by atoms with Crippen LogP contribution in [0.4, 0.5) is 0 Å². The number of aryl methyl sites for hydroxylation is 2. The maximum atomic E-state index is 15.8. The zero-order valence-electron chi connectivity index (χ0n) is 60.1. The van der Waals surface area contributed by atoms with Crippen LogP contribution in [0.5, 0.6) is 0 Å². The summed E-state index contributed by atoms with van der Waals surface area (Å²) in [5.74, 6) is -0.0417. The fourth-order valence-electron chi connectivity index (χ4n) is 15.8. The van der Waals surface area contributed by atoms with E-state index in [1.807, 2.05) is 34.0 Å². The second-order valence-corrected chi connectivity index (χ2v) is 36.2. The minimum atomic E-state index is -2.19. The Bertz CT molecular complexity index is 2900. The summed E-state index contributed by atoms with van der Waals surface area (Å²) in [6.45, 7) is 21.5. The van der Waals surface area contributed by atoms with Crippen LogP contribution in [0.1, 0.15) is 372 Å². The molecule has 7 heteroatoms. The van der Waals surface area contributed by atoms with E-state index in [0.29, 0.717) is 6.54 Å². The predicted molar refractivity (Wildman–Crippen MR) is 410 cm³/mol. The molecule has 0 saturated heterocycles. The lowest BCUT2D eigenvalue weighted by Gasteiger charge is -2.31. The van der Waals surface area contributed by atoms with E-state index in [2.05, 4.69) is 98.7 Å². The summed E-state index contributed by atoms with van der Waals surface area (Å²) >= 11 is 5.86. The standard InChI is InChI=1S/C84H131NO2S3Si/c1-10-17-24-31-38-45-52-68-66(9)88-79(71(68)53-46-39-32-25-18-11-2)81-76-77(84(87)85(83(76)86)60-49-42-35-28-21-14-5)82(90-81)80-73(55-48-41-34-27-20-13-4)72(54-47-40-33-26-19-12-3)78(89-80)67-57-59-70-69-58-56-65(8)63-74(69)91(75(70)64-67,61-50-43-36-29-22-15-6)62-51-44-37-30-23-16-7/h56-59,63-64H,10-55,60-62H2,1-9H3. The van der Waals surface area contributed by atoms with E-state index < -0.39 is 8.07 Å². The Labute approximate surface area is 572 Å². The highest BCUT2D eigenvalue weighted by Gasteiger charge is 2.46. The normalized spacial score (nSPS) is 13.4. The van der Waals surface area contributed by atoms with Crippen molar-refractivity contribution in [2.45, 2.75) is 370 Å². The number of amides is 2. The molecule has 91 heavy (non-hydrogen) atoms. The maximum absolute atomic E-state index is 15.8. The number of rotatable bonds is 52. The first kappa shape index (κ1) is 75.3. The van der Waals surface area contributed by atoms with Crippen LogP contribution in [0.25, 0.3) is 41.1 Å². The third kappa shape index (κ3) is 21.0.